The van der Waals surface area contributed by atoms with Gasteiger partial charge >= 0.3 is 0 Å². The van der Waals surface area contributed by atoms with Gasteiger partial charge in [-0.25, -0.2) is 0 Å². The Hall–Kier alpha value is -1.96. The zero-order valence-electron chi connectivity index (χ0n) is 16.8. The van der Waals surface area contributed by atoms with Gasteiger partial charge in [-0.15, -0.1) is 0 Å². The predicted octanol–water partition coefficient (Wildman–Crippen LogP) is 0.877. The van der Waals surface area contributed by atoms with E-state index in [1.807, 2.05) is 23.5 Å². The highest BCUT2D eigenvalue weighted by Crippen LogP contribution is 2.51. The summed E-state index contributed by atoms with van der Waals surface area (Å²) in [6.07, 6.45) is 5.70. The highest BCUT2D eigenvalue weighted by molar-refractivity contribution is 6.06. The van der Waals surface area contributed by atoms with Gasteiger partial charge in [-0.2, -0.15) is 0 Å². The van der Waals surface area contributed by atoms with E-state index in [9.17, 15) is 9.59 Å². The summed E-state index contributed by atoms with van der Waals surface area (Å²) < 4.78 is 5.44. The van der Waals surface area contributed by atoms with Gasteiger partial charge in [0.1, 0.15) is 0 Å². The van der Waals surface area contributed by atoms with Crippen molar-refractivity contribution in [2.75, 3.05) is 44.3 Å². The fourth-order valence-electron chi connectivity index (χ4n) is 5.15. The molecule has 1 radical (unpaired) electrons. The second-order valence-electron chi connectivity index (χ2n) is 8.72. The van der Waals surface area contributed by atoms with Crippen LogP contribution in [0.4, 0.5) is 5.69 Å². The van der Waals surface area contributed by atoms with Gasteiger partial charge in [-0.1, -0.05) is 12.1 Å². The fourth-order valence-corrected chi connectivity index (χ4v) is 5.15. The molecule has 29 heavy (non-hydrogen) atoms. The minimum atomic E-state index is -0.687. The molecule has 2 atom stereocenters. The fraction of sp³-hybridized carbons (Fsp3) is 0.591. The van der Waals surface area contributed by atoms with Gasteiger partial charge in [-0.3, -0.25) is 24.3 Å². The maximum Gasteiger partial charge on any atom is 0.255 e. The molecule has 0 bridgehead atoms. The van der Waals surface area contributed by atoms with E-state index in [2.05, 4.69) is 17.0 Å². The smallest absolute Gasteiger partial charge is 0.255 e. The largest absolute Gasteiger partial charge is 0.379 e. The zero-order valence-corrected chi connectivity index (χ0v) is 16.8. The number of nitrogens with zero attached hydrogens (tertiary/aromatic N) is 3. The number of fused-ring (bicyclic) bond motifs is 1. The summed E-state index contributed by atoms with van der Waals surface area (Å²) in [7, 11) is 0. The minimum Gasteiger partial charge on any atom is -0.379 e. The summed E-state index contributed by atoms with van der Waals surface area (Å²) in [6, 6.07) is 7.93. The highest BCUT2D eigenvalue weighted by atomic mass is 16.5. The Labute approximate surface area is 171 Å². The molecule has 1 saturated carbocycles. The number of hydrogen-bond acceptors (Lipinski definition) is 5. The topological polar surface area (TPSA) is 79.1 Å². The van der Waals surface area contributed by atoms with Crippen LogP contribution in [0.2, 0.25) is 0 Å². The standard InChI is InChI=1S/C22H29N4O3/c23-19(27)20-25-10-1-2-18(25)21(28)26(20)17-5-3-16(4-6-17)22(7-8-22)9-11-24-12-14-29-15-13-24/h2-6,18,20H,1,7-15H2,(H2,23,27)/t18-,20?/m0/s1. The van der Waals surface area contributed by atoms with Gasteiger partial charge < -0.3 is 10.5 Å². The average molecular weight is 397 g/mol. The van der Waals surface area contributed by atoms with Gasteiger partial charge in [0.05, 0.1) is 19.3 Å². The number of anilines is 1. The third-order valence-electron chi connectivity index (χ3n) is 7.06. The summed E-state index contributed by atoms with van der Waals surface area (Å²) in [4.78, 5) is 31.0. The predicted molar refractivity (Wildman–Crippen MR) is 109 cm³/mol. The Morgan fingerprint density at radius 2 is 1.86 bits per heavy atom. The Balaban J connectivity index is 1.31. The second kappa shape index (κ2) is 7.38. The van der Waals surface area contributed by atoms with Gasteiger partial charge in [-0.05, 0) is 61.8 Å². The van der Waals surface area contributed by atoms with Crippen LogP contribution in [0.1, 0.15) is 31.2 Å². The summed E-state index contributed by atoms with van der Waals surface area (Å²) in [5.41, 5.74) is 8.02. The molecule has 0 aromatic heterocycles. The number of primary amides is 1. The third kappa shape index (κ3) is 3.35. The first-order valence-electron chi connectivity index (χ1n) is 10.7. The lowest BCUT2D eigenvalue weighted by Crippen LogP contribution is -2.49. The maximum absolute atomic E-state index is 12.9. The SMILES string of the molecule is NC(=O)C1N(c2ccc(C3(CCN4CCOCC4)CC3)cc2)C(=O)[C@@H]2[CH]CCN12. The minimum absolute atomic E-state index is 0.0486. The number of nitrogens with two attached hydrogens (primary N) is 1. The summed E-state index contributed by atoms with van der Waals surface area (Å²) >= 11 is 0. The lowest BCUT2D eigenvalue weighted by Gasteiger charge is -2.29. The molecule has 1 unspecified atom stereocenters. The highest BCUT2D eigenvalue weighted by Gasteiger charge is 2.51. The van der Waals surface area contributed by atoms with E-state index in [4.69, 9.17) is 10.5 Å². The van der Waals surface area contributed by atoms with E-state index in [0.29, 0.717) is 6.54 Å². The van der Waals surface area contributed by atoms with Crippen molar-refractivity contribution in [3.05, 3.63) is 36.2 Å². The number of ether oxygens (including phenoxy) is 1. The molecule has 1 aliphatic carbocycles. The van der Waals surface area contributed by atoms with Crippen LogP contribution in [0.5, 0.6) is 0 Å². The molecule has 3 saturated heterocycles. The van der Waals surface area contributed by atoms with E-state index < -0.39 is 12.1 Å². The number of benzene rings is 1. The molecule has 7 heteroatoms. The van der Waals surface area contributed by atoms with Crippen LogP contribution >= 0.6 is 0 Å². The van der Waals surface area contributed by atoms with Crippen molar-refractivity contribution in [3.8, 4) is 0 Å². The monoisotopic (exact) mass is 397 g/mol. The van der Waals surface area contributed by atoms with E-state index in [1.54, 1.807) is 4.90 Å². The number of hydrogen-bond donors (Lipinski definition) is 1. The normalized spacial score (nSPS) is 29.2. The number of amides is 2. The zero-order chi connectivity index (χ0) is 20.0. The number of carbonyl (C=O) groups excluding carboxylic acids is 2. The van der Waals surface area contributed by atoms with Gasteiger partial charge in [0.2, 0.25) is 5.91 Å². The van der Waals surface area contributed by atoms with Crippen molar-refractivity contribution >= 4 is 17.5 Å². The molecule has 1 aromatic rings. The van der Waals surface area contributed by atoms with Crippen molar-refractivity contribution in [1.82, 2.24) is 9.80 Å². The van der Waals surface area contributed by atoms with Crippen LogP contribution in [-0.4, -0.2) is 73.2 Å². The van der Waals surface area contributed by atoms with Gasteiger partial charge in [0.25, 0.3) is 5.91 Å². The van der Waals surface area contributed by atoms with E-state index in [1.165, 1.54) is 18.4 Å². The summed E-state index contributed by atoms with van der Waals surface area (Å²) in [5, 5.41) is 0. The number of rotatable bonds is 6. The second-order valence-corrected chi connectivity index (χ2v) is 8.72. The Bertz CT molecular complexity index is 786. The van der Waals surface area contributed by atoms with Crippen LogP contribution in [0.15, 0.2) is 24.3 Å². The van der Waals surface area contributed by atoms with E-state index in [-0.39, 0.29) is 17.4 Å². The van der Waals surface area contributed by atoms with Crippen LogP contribution in [0.25, 0.3) is 0 Å². The molecule has 155 valence electrons. The molecule has 5 rings (SSSR count). The molecule has 1 aromatic carbocycles. The molecular formula is C22H29N4O3. The summed E-state index contributed by atoms with van der Waals surface area (Å²) in [5.74, 6) is -0.517. The number of carbonyl (C=O) groups is 2. The van der Waals surface area contributed by atoms with Crippen LogP contribution in [-0.2, 0) is 19.7 Å². The summed E-state index contributed by atoms with van der Waals surface area (Å²) in [6.45, 7) is 5.52. The van der Waals surface area contributed by atoms with Crippen molar-refractivity contribution < 1.29 is 14.3 Å². The van der Waals surface area contributed by atoms with E-state index in [0.717, 1.165) is 51.4 Å². The molecule has 7 nitrogen and oxygen atoms in total. The Kier molecular flexibility index (Phi) is 4.84. The molecule has 4 fully saturated rings. The first-order chi connectivity index (χ1) is 14.1. The quantitative estimate of drug-likeness (QED) is 0.771. The Morgan fingerprint density at radius 1 is 1.14 bits per heavy atom. The lowest BCUT2D eigenvalue weighted by molar-refractivity contribution is -0.122. The van der Waals surface area contributed by atoms with Crippen molar-refractivity contribution in [2.45, 2.75) is 43.3 Å². The van der Waals surface area contributed by atoms with Crippen molar-refractivity contribution in [2.24, 2.45) is 5.73 Å². The lowest BCUT2D eigenvalue weighted by atomic mass is 9.92. The van der Waals surface area contributed by atoms with Crippen molar-refractivity contribution in [1.29, 1.82) is 0 Å². The van der Waals surface area contributed by atoms with Crippen LogP contribution < -0.4 is 10.6 Å². The molecule has 4 aliphatic rings. The van der Waals surface area contributed by atoms with Gasteiger partial charge in [0, 0.05) is 25.3 Å². The van der Waals surface area contributed by atoms with Crippen LogP contribution in [0.3, 0.4) is 0 Å². The number of morpholine rings is 1. The van der Waals surface area contributed by atoms with E-state index >= 15 is 0 Å². The first kappa shape index (κ1) is 19.0. The molecule has 2 N–H and O–H groups in total. The van der Waals surface area contributed by atoms with Gasteiger partial charge in [0.15, 0.2) is 6.17 Å². The maximum atomic E-state index is 12.9. The Morgan fingerprint density at radius 3 is 2.52 bits per heavy atom. The molecule has 0 spiro atoms. The molecule has 3 aliphatic heterocycles. The van der Waals surface area contributed by atoms with Crippen LogP contribution in [0, 0.1) is 6.42 Å². The molecular weight excluding hydrogens is 368 g/mol. The third-order valence-corrected chi connectivity index (χ3v) is 7.06. The molecule has 3 heterocycles. The average Bonchev–Trinajstić information content (AvgIpc) is 3.28. The first-order valence-corrected chi connectivity index (χ1v) is 10.7. The molecule has 2 amide bonds. The van der Waals surface area contributed by atoms with Crippen molar-refractivity contribution in [3.63, 3.8) is 0 Å².